The van der Waals surface area contributed by atoms with Crippen molar-refractivity contribution in [2.45, 2.75) is 25.9 Å². The largest absolute Gasteiger partial charge is 0.416 e. The van der Waals surface area contributed by atoms with Crippen molar-refractivity contribution in [2.24, 2.45) is 5.11 Å². The molecule has 22 heavy (non-hydrogen) atoms. The molecule has 0 fully saturated rings. The molecular weight excluding hydrogens is 313 g/mol. The molecule has 0 aliphatic heterocycles. The van der Waals surface area contributed by atoms with Crippen molar-refractivity contribution in [1.29, 1.82) is 0 Å². The van der Waals surface area contributed by atoms with Gasteiger partial charge in [-0.3, -0.25) is 0 Å². The van der Waals surface area contributed by atoms with Gasteiger partial charge in [0.2, 0.25) is 0 Å². The Labute approximate surface area is 129 Å². The molecule has 2 aromatic rings. The number of thiazole rings is 1. The van der Waals surface area contributed by atoms with E-state index in [-0.39, 0.29) is 0 Å². The molecule has 0 radical (unpaired) electrons. The van der Waals surface area contributed by atoms with E-state index in [2.05, 4.69) is 15.0 Å². The smallest absolute Gasteiger partial charge is 0.241 e. The number of aryl methyl sites for hydroxylation is 1. The molecule has 0 amide bonds. The number of alkyl halides is 3. The number of halogens is 3. The van der Waals surface area contributed by atoms with Crippen LogP contribution < -0.4 is 0 Å². The third-order valence-corrected chi connectivity index (χ3v) is 4.36. The van der Waals surface area contributed by atoms with Crippen LogP contribution in [-0.4, -0.2) is 11.5 Å². The molecule has 0 atom stereocenters. The highest BCUT2D eigenvalue weighted by Crippen LogP contribution is 2.33. The summed E-state index contributed by atoms with van der Waals surface area (Å²) in [6, 6.07) is 4.97. The van der Waals surface area contributed by atoms with Crippen molar-refractivity contribution in [3.63, 3.8) is 0 Å². The van der Waals surface area contributed by atoms with Gasteiger partial charge in [-0.05, 0) is 30.5 Å². The lowest BCUT2D eigenvalue weighted by Gasteiger charge is -2.06. The van der Waals surface area contributed by atoms with E-state index in [1.54, 1.807) is 0 Å². The molecule has 2 rings (SSSR count). The number of hydrogen-bond donors (Lipinski definition) is 0. The first-order chi connectivity index (χ1) is 10.5. The van der Waals surface area contributed by atoms with Crippen LogP contribution in [0.15, 0.2) is 29.4 Å². The fourth-order valence-electron chi connectivity index (χ4n) is 1.98. The van der Waals surface area contributed by atoms with Crippen molar-refractivity contribution in [3.05, 3.63) is 50.8 Å². The van der Waals surface area contributed by atoms with Gasteiger partial charge in [-0.25, -0.2) is 4.98 Å². The number of hydrogen-bond acceptors (Lipinski definition) is 3. The Morgan fingerprint density at radius 1 is 1.27 bits per heavy atom. The maximum absolute atomic E-state index is 12.6. The first kappa shape index (κ1) is 16.3. The third-order valence-electron chi connectivity index (χ3n) is 3.07. The second-order valence-corrected chi connectivity index (χ2v) is 5.61. The molecule has 0 bridgehead atoms. The molecule has 0 N–H and O–H groups in total. The Morgan fingerprint density at radius 2 is 1.95 bits per heavy atom. The van der Waals surface area contributed by atoms with Crippen molar-refractivity contribution in [2.75, 3.05) is 6.54 Å². The summed E-state index contributed by atoms with van der Waals surface area (Å²) in [4.78, 5) is 8.23. The molecule has 0 aliphatic rings. The number of azide groups is 1. The van der Waals surface area contributed by atoms with Gasteiger partial charge in [-0.15, -0.1) is 11.3 Å². The van der Waals surface area contributed by atoms with Crippen LogP contribution in [0.2, 0.25) is 0 Å². The number of rotatable bonds is 5. The molecule has 8 heteroatoms. The van der Waals surface area contributed by atoms with Gasteiger partial charge in [-0.1, -0.05) is 24.2 Å². The molecular formula is C14H13F3N4S. The van der Waals surface area contributed by atoms with Gasteiger partial charge >= 0.3 is 6.18 Å². The van der Waals surface area contributed by atoms with E-state index >= 15 is 0 Å². The standard InChI is InChI=1S/C14H13F3N4S/c1-2-12-11(7-8-19-21-18)20-13(22-12)9-3-5-10(6-4-9)14(15,16)17/h3-6H,2,7-8H2,1H3. The quantitative estimate of drug-likeness (QED) is 0.421. The van der Waals surface area contributed by atoms with Gasteiger partial charge < -0.3 is 0 Å². The topological polar surface area (TPSA) is 61.7 Å². The van der Waals surface area contributed by atoms with E-state index < -0.39 is 11.7 Å². The number of nitrogens with zero attached hydrogens (tertiary/aromatic N) is 4. The average Bonchev–Trinajstić information content (AvgIpc) is 2.90. The maximum atomic E-state index is 12.6. The van der Waals surface area contributed by atoms with E-state index in [4.69, 9.17) is 5.53 Å². The zero-order chi connectivity index (χ0) is 16.2. The van der Waals surface area contributed by atoms with Crippen LogP contribution in [0, 0.1) is 0 Å². The molecule has 0 unspecified atom stereocenters. The van der Waals surface area contributed by atoms with Gasteiger partial charge in [0.1, 0.15) is 5.01 Å². The monoisotopic (exact) mass is 326 g/mol. The minimum Gasteiger partial charge on any atom is -0.241 e. The second kappa shape index (κ2) is 6.81. The molecule has 1 aromatic heterocycles. The summed E-state index contributed by atoms with van der Waals surface area (Å²) < 4.78 is 37.7. The van der Waals surface area contributed by atoms with Crippen molar-refractivity contribution in [1.82, 2.24) is 4.98 Å². The fourth-order valence-corrected chi connectivity index (χ4v) is 3.03. The Balaban J connectivity index is 2.27. The molecule has 0 saturated heterocycles. The summed E-state index contributed by atoms with van der Waals surface area (Å²) in [6.07, 6.45) is -3.02. The zero-order valence-electron chi connectivity index (χ0n) is 11.8. The molecule has 116 valence electrons. The van der Waals surface area contributed by atoms with Crippen LogP contribution in [0.1, 0.15) is 23.1 Å². The maximum Gasteiger partial charge on any atom is 0.416 e. The van der Waals surface area contributed by atoms with Crippen LogP contribution in [0.5, 0.6) is 0 Å². The van der Waals surface area contributed by atoms with Crippen LogP contribution in [0.3, 0.4) is 0 Å². The zero-order valence-corrected chi connectivity index (χ0v) is 12.6. The molecule has 0 saturated carbocycles. The molecule has 1 aromatic carbocycles. The normalized spacial score (nSPS) is 11.3. The van der Waals surface area contributed by atoms with Crippen molar-refractivity contribution >= 4 is 11.3 Å². The minimum absolute atomic E-state index is 0.319. The highest BCUT2D eigenvalue weighted by molar-refractivity contribution is 7.15. The van der Waals surface area contributed by atoms with Crippen molar-refractivity contribution < 1.29 is 13.2 Å². The highest BCUT2D eigenvalue weighted by atomic mass is 32.1. The predicted octanol–water partition coefficient (Wildman–Crippen LogP) is 5.24. The van der Waals surface area contributed by atoms with Gasteiger partial charge in [-0.2, -0.15) is 13.2 Å². The summed E-state index contributed by atoms with van der Waals surface area (Å²) in [6.45, 7) is 2.31. The summed E-state index contributed by atoms with van der Waals surface area (Å²) >= 11 is 1.46. The summed E-state index contributed by atoms with van der Waals surface area (Å²) in [5, 5.41) is 4.17. The molecule has 4 nitrogen and oxygen atoms in total. The highest BCUT2D eigenvalue weighted by Gasteiger charge is 2.30. The molecule has 0 aliphatic carbocycles. The van der Waals surface area contributed by atoms with E-state index in [0.29, 0.717) is 23.5 Å². The second-order valence-electron chi connectivity index (χ2n) is 4.52. The lowest BCUT2D eigenvalue weighted by atomic mass is 10.1. The van der Waals surface area contributed by atoms with Crippen LogP contribution >= 0.6 is 11.3 Å². The van der Waals surface area contributed by atoms with Gasteiger partial charge in [0.15, 0.2) is 0 Å². The van der Waals surface area contributed by atoms with Crippen LogP contribution in [0.4, 0.5) is 13.2 Å². The fraction of sp³-hybridized carbons (Fsp3) is 0.357. The Hall–Kier alpha value is -2.05. The first-order valence-corrected chi connectivity index (χ1v) is 7.44. The van der Waals surface area contributed by atoms with E-state index in [1.807, 2.05) is 6.92 Å². The molecule has 0 spiro atoms. The lowest BCUT2D eigenvalue weighted by molar-refractivity contribution is -0.137. The van der Waals surface area contributed by atoms with E-state index in [0.717, 1.165) is 29.1 Å². The summed E-state index contributed by atoms with van der Waals surface area (Å²) in [7, 11) is 0. The average molecular weight is 326 g/mol. The van der Waals surface area contributed by atoms with Gasteiger partial charge in [0, 0.05) is 21.9 Å². The summed E-state index contributed by atoms with van der Waals surface area (Å²) in [5.41, 5.74) is 9.12. The van der Waals surface area contributed by atoms with E-state index in [1.165, 1.54) is 23.5 Å². The first-order valence-electron chi connectivity index (χ1n) is 6.62. The lowest BCUT2D eigenvalue weighted by Crippen LogP contribution is -2.03. The third kappa shape index (κ3) is 3.78. The minimum atomic E-state index is -4.34. The Bertz CT molecular complexity index is 685. The predicted molar refractivity (Wildman–Crippen MR) is 79.6 cm³/mol. The van der Waals surface area contributed by atoms with Gasteiger partial charge in [0.25, 0.3) is 0 Å². The van der Waals surface area contributed by atoms with E-state index in [9.17, 15) is 13.2 Å². The number of benzene rings is 1. The Kier molecular flexibility index (Phi) is 5.05. The van der Waals surface area contributed by atoms with Crippen LogP contribution in [-0.2, 0) is 19.0 Å². The number of aromatic nitrogens is 1. The van der Waals surface area contributed by atoms with Crippen molar-refractivity contribution in [3.8, 4) is 10.6 Å². The van der Waals surface area contributed by atoms with Gasteiger partial charge in [0.05, 0.1) is 11.3 Å². The SMILES string of the molecule is CCc1sc(-c2ccc(C(F)(F)F)cc2)nc1CCN=[N+]=[N-]. The summed E-state index contributed by atoms with van der Waals surface area (Å²) in [5.74, 6) is 0. The van der Waals surface area contributed by atoms with Crippen LogP contribution in [0.25, 0.3) is 21.0 Å². The Morgan fingerprint density at radius 3 is 2.50 bits per heavy atom. The molecule has 1 heterocycles.